The average molecular weight is 342 g/mol. The zero-order chi connectivity index (χ0) is 18.0. The summed E-state index contributed by atoms with van der Waals surface area (Å²) in [5.41, 5.74) is 7.98. The van der Waals surface area contributed by atoms with Crippen molar-refractivity contribution in [3.63, 3.8) is 0 Å². The van der Waals surface area contributed by atoms with Gasteiger partial charge in [0.05, 0.1) is 24.0 Å². The minimum absolute atomic E-state index is 0.0938. The average Bonchev–Trinajstić information content (AvgIpc) is 3.11. The van der Waals surface area contributed by atoms with Crippen molar-refractivity contribution in [3.8, 4) is 0 Å². The van der Waals surface area contributed by atoms with Crippen molar-refractivity contribution >= 4 is 34.4 Å². The highest BCUT2D eigenvalue weighted by atomic mass is 16.5. The lowest BCUT2D eigenvalue weighted by atomic mass is 10.2. The number of carbonyl (C=O) groups excluding carboxylic acids is 2. The number of anilines is 2. The first-order valence-corrected chi connectivity index (χ1v) is 7.73. The number of para-hydroxylation sites is 1. The fraction of sp³-hybridized carbons (Fsp3) is 0.250. The second-order valence-corrected chi connectivity index (χ2v) is 5.41. The maximum Gasteiger partial charge on any atom is 0.412 e. The molecular formula is C16H18N6O3. The molecule has 0 aliphatic carbocycles. The molecule has 0 saturated carbocycles. The number of nitrogens with zero attached hydrogens (tertiary/aromatic N) is 4. The summed E-state index contributed by atoms with van der Waals surface area (Å²) < 4.78 is 6.31. The number of rotatable bonds is 4. The van der Waals surface area contributed by atoms with E-state index < -0.39 is 6.09 Å². The molecule has 3 N–H and O–H groups in total. The van der Waals surface area contributed by atoms with E-state index in [9.17, 15) is 9.59 Å². The van der Waals surface area contributed by atoms with Crippen LogP contribution in [0.1, 0.15) is 17.4 Å². The summed E-state index contributed by atoms with van der Waals surface area (Å²) >= 11 is 0. The third kappa shape index (κ3) is 3.30. The molecule has 9 nitrogen and oxygen atoms in total. The van der Waals surface area contributed by atoms with Crippen LogP contribution in [0.15, 0.2) is 30.5 Å². The largest absolute Gasteiger partial charge is 0.450 e. The molecule has 0 radical (unpaired) electrons. The number of fused-ring (bicyclic) bond motifs is 1. The molecule has 2 heterocycles. The Bertz CT molecular complexity index is 943. The molecule has 0 spiro atoms. The van der Waals surface area contributed by atoms with Crippen LogP contribution in [-0.2, 0) is 11.3 Å². The van der Waals surface area contributed by atoms with Crippen LogP contribution in [-0.4, -0.2) is 38.2 Å². The Kier molecular flexibility index (Phi) is 4.38. The number of hydrogen-bond acceptors (Lipinski definition) is 6. The standard InChI is InChI=1S/C16H18N6O3/c1-3-25-16(24)19-13-8-18-21(20-13)9-14(23)22-10(2)7-11-5-4-6-12(17)15(11)22/h4-8H,3,9,17H2,1-2H3,(H,19,20,24). The maximum absolute atomic E-state index is 12.7. The fourth-order valence-corrected chi connectivity index (χ4v) is 2.64. The molecule has 25 heavy (non-hydrogen) atoms. The highest BCUT2D eigenvalue weighted by Crippen LogP contribution is 2.25. The van der Waals surface area contributed by atoms with Crippen LogP contribution in [0.3, 0.4) is 0 Å². The van der Waals surface area contributed by atoms with Gasteiger partial charge < -0.3 is 10.5 Å². The number of ether oxygens (including phenoxy) is 1. The van der Waals surface area contributed by atoms with Crippen LogP contribution in [0.25, 0.3) is 10.9 Å². The summed E-state index contributed by atoms with van der Waals surface area (Å²) in [6, 6.07) is 7.39. The van der Waals surface area contributed by atoms with Gasteiger partial charge in [-0.2, -0.15) is 9.90 Å². The van der Waals surface area contributed by atoms with Crippen molar-refractivity contribution < 1.29 is 14.3 Å². The molecule has 1 aromatic carbocycles. The second-order valence-electron chi connectivity index (χ2n) is 5.41. The topological polar surface area (TPSA) is 117 Å². The predicted octanol–water partition coefficient (Wildman–Crippen LogP) is 2.03. The van der Waals surface area contributed by atoms with Gasteiger partial charge in [-0.25, -0.2) is 4.79 Å². The van der Waals surface area contributed by atoms with Gasteiger partial charge in [-0.15, -0.1) is 5.10 Å². The Labute approximate surface area is 143 Å². The summed E-state index contributed by atoms with van der Waals surface area (Å²) in [5, 5.41) is 11.3. The van der Waals surface area contributed by atoms with Gasteiger partial charge in [0.1, 0.15) is 6.54 Å². The Balaban J connectivity index is 1.81. The summed E-state index contributed by atoms with van der Waals surface area (Å²) in [7, 11) is 0. The smallest absolute Gasteiger partial charge is 0.412 e. The molecule has 2 aromatic heterocycles. The highest BCUT2D eigenvalue weighted by Gasteiger charge is 2.16. The number of benzene rings is 1. The minimum atomic E-state index is -0.624. The van der Waals surface area contributed by atoms with Crippen LogP contribution in [0.5, 0.6) is 0 Å². The van der Waals surface area contributed by atoms with Gasteiger partial charge in [0.15, 0.2) is 5.82 Å². The fourth-order valence-electron chi connectivity index (χ4n) is 2.64. The van der Waals surface area contributed by atoms with E-state index in [-0.39, 0.29) is 24.9 Å². The van der Waals surface area contributed by atoms with Gasteiger partial charge in [-0.1, -0.05) is 12.1 Å². The van der Waals surface area contributed by atoms with Crippen LogP contribution < -0.4 is 11.1 Å². The van der Waals surface area contributed by atoms with Gasteiger partial charge in [-0.3, -0.25) is 14.7 Å². The normalized spacial score (nSPS) is 10.8. The molecule has 0 atom stereocenters. The molecule has 0 unspecified atom stereocenters. The van der Waals surface area contributed by atoms with Crippen molar-refractivity contribution in [1.82, 2.24) is 19.6 Å². The molecule has 130 valence electrons. The first-order valence-electron chi connectivity index (χ1n) is 7.73. The van der Waals surface area contributed by atoms with Crippen LogP contribution in [0.2, 0.25) is 0 Å². The third-order valence-electron chi connectivity index (χ3n) is 3.61. The first kappa shape index (κ1) is 16.5. The van der Waals surface area contributed by atoms with Crippen molar-refractivity contribution in [1.29, 1.82) is 0 Å². The van der Waals surface area contributed by atoms with Crippen LogP contribution >= 0.6 is 0 Å². The Morgan fingerprint density at radius 2 is 2.16 bits per heavy atom. The number of hydrogen-bond donors (Lipinski definition) is 2. The second kappa shape index (κ2) is 6.63. The van der Waals surface area contributed by atoms with E-state index in [2.05, 4.69) is 15.5 Å². The monoisotopic (exact) mass is 342 g/mol. The van der Waals surface area contributed by atoms with Gasteiger partial charge in [0.2, 0.25) is 0 Å². The van der Waals surface area contributed by atoms with E-state index in [1.54, 1.807) is 17.6 Å². The molecular weight excluding hydrogens is 324 g/mol. The molecule has 0 fully saturated rings. The van der Waals surface area contributed by atoms with Crippen molar-refractivity contribution in [2.75, 3.05) is 17.7 Å². The number of nitrogens with two attached hydrogens (primary N) is 1. The number of nitrogen functional groups attached to an aromatic ring is 1. The van der Waals surface area contributed by atoms with E-state index in [0.29, 0.717) is 11.2 Å². The number of aryl methyl sites for hydroxylation is 1. The molecule has 9 heteroatoms. The lowest BCUT2D eigenvalue weighted by Gasteiger charge is -2.08. The summed E-state index contributed by atoms with van der Waals surface area (Å²) in [6.07, 6.45) is 0.722. The lowest BCUT2D eigenvalue weighted by Crippen LogP contribution is -2.21. The van der Waals surface area contributed by atoms with Gasteiger partial charge in [0.25, 0.3) is 5.91 Å². The highest BCUT2D eigenvalue weighted by molar-refractivity contribution is 5.99. The molecule has 0 aliphatic heterocycles. The Morgan fingerprint density at radius 1 is 1.36 bits per heavy atom. The maximum atomic E-state index is 12.7. The minimum Gasteiger partial charge on any atom is -0.450 e. The SMILES string of the molecule is CCOC(=O)Nc1cnn(CC(=O)n2c(C)cc3cccc(N)c32)n1. The van der Waals surface area contributed by atoms with Gasteiger partial charge >= 0.3 is 6.09 Å². The summed E-state index contributed by atoms with van der Waals surface area (Å²) in [6.45, 7) is 3.69. The van der Waals surface area contributed by atoms with E-state index in [0.717, 1.165) is 11.1 Å². The molecule has 3 aromatic rings. The van der Waals surface area contributed by atoms with Crippen LogP contribution in [0.4, 0.5) is 16.3 Å². The predicted molar refractivity (Wildman–Crippen MR) is 92.4 cm³/mol. The third-order valence-corrected chi connectivity index (χ3v) is 3.61. The Hall–Kier alpha value is -3.36. The van der Waals surface area contributed by atoms with Gasteiger partial charge in [-0.05, 0) is 26.0 Å². The van der Waals surface area contributed by atoms with Crippen molar-refractivity contribution in [2.24, 2.45) is 0 Å². The number of amides is 1. The zero-order valence-corrected chi connectivity index (χ0v) is 13.9. The van der Waals surface area contributed by atoms with E-state index >= 15 is 0 Å². The van der Waals surface area contributed by atoms with E-state index in [1.807, 2.05) is 25.1 Å². The first-order chi connectivity index (χ1) is 12.0. The van der Waals surface area contributed by atoms with E-state index in [1.165, 1.54) is 11.0 Å². The van der Waals surface area contributed by atoms with E-state index in [4.69, 9.17) is 10.5 Å². The molecule has 0 bridgehead atoms. The number of nitrogens with one attached hydrogen (secondary N) is 1. The van der Waals surface area contributed by atoms with Crippen molar-refractivity contribution in [2.45, 2.75) is 20.4 Å². The van der Waals surface area contributed by atoms with Gasteiger partial charge in [0, 0.05) is 11.1 Å². The number of carbonyl (C=O) groups is 2. The summed E-state index contributed by atoms with van der Waals surface area (Å²) in [4.78, 5) is 25.3. The molecule has 3 rings (SSSR count). The van der Waals surface area contributed by atoms with Crippen molar-refractivity contribution in [3.05, 3.63) is 36.2 Å². The number of aromatic nitrogens is 4. The van der Waals surface area contributed by atoms with Crippen LogP contribution in [0, 0.1) is 6.92 Å². The summed E-state index contributed by atoms with van der Waals surface area (Å²) in [5.74, 6) is -0.0245. The lowest BCUT2D eigenvalue weighted by molar-refractivity contribution is 0.0884. The zero-order valence-electron chi connectivity index (χ0n) is 13.9. The molecule has 1 amide bonds. The quantitative estimate of drug-likeness (QED) is 0.701. The Morgan fingerprint density at radius 3 is 2.92 bits per heavy atom. The molecule has 0 aliphatic rings. The molecule has 0 saturated heterocycles.